The first kappa shape index (κ1) is 15.5. The predicted molar refractivity (Wildman–Crippen MR) is 81.9 cm³/mol. The summed E-state index contributed by atoms with van der Waals surface area (Å²) in [5.41, 5.74) is 1.46. The van der Waals surface area contributed by atoms with Crippen LogP contribution in [0, 0.1) is 5.82 Å². The van der Waals surface area contributed by atoms with Crippen LogP contribution in [-0.4, -0.2) is 19.5 Å². The van der Waals surface area contributed by atoms with Crippen molar-refractivity contribution in [3.63, 3.8) is 0 Å². The average Bonchev–Trinajstić information content (AvgIpc) is 2.41. The fourth-order valence-corrected chi connectivity index (χ4v) is 2.28. The molecule has 0 saturated carbocycles. The number of carbonyl (C=O) groups excluding carboxylic acids is 1. The molecule has 5 heteroatoms. The third kappa shape index (κ3) is 4.85. The molecule has 0 spiro atoms. The third-order valence-electron chi connectivity index (χ3n) is 3.02. The Balaban J connectivity index is 1.89. The zero-order valence-electron chi connectivity index (χ0n) is 11.7. The van der Waals surface area contributed by atoms with Crippen molar-refractivity contribution in [2.75, 3.05) is 18.9 Å². The number of benzene rings is 2. The Kier molecular flexibility index (Phi) is 5.31. The number of amides is 1. The molecular formula is C16H17ClFN2O+. The molecule has 0 fully saturated rings. The molecule has 1 atom stereocenters. The van der Waals surface area contributed by atoms with Crippen LogP contribution in [0.5, 0.6) is 0 Å². The van der Waals surface area contributed by atoms with Gasteiger partial charge in [-0.3, -0.25) is 4.79 Å². The lowest BCUT2D eigenvalue weighted by Gasteiger charge is -2.14. The van der Waals surface area contributed by atoms with Gasteiger partial charge in [0.2, 0.25) is 0 Å². The monoisotopic (exact) mass is 307 g/mol. The Morgan fingerprint density at radius 3 is 2.71 bits per heavy atom. The van der Waals surface area contributed by atoms with Gasteiger partial charge in [-0.05, 0) is 24.3 Å². The lowest BCUT2D eigenvalue weighted by atomic mass is 10.2. The number of nitrogens with one attached hydrogen (secondary N) is 2. The van der Waals surface area contributed by atoms with Gasteiger partial charge in [0.15, 0.2) is 6.54 Å². The summed E-state index contributed by atoms with van der Waals surface area (Å²) in [7, 11) is 1.91. The van der Waals surface area contributed by atoms with E-state index in [2.05, 4.69) is 5.32 Å². The van der Waals surface area contributed by atoms with Crippen molar-refractivity contribution in [1.29, 1.82) is 0 Å². The highest BCUT2D eigenvalue weighted by Crippen LogP contribution is 2.13. The van der Waals surface area contributed by atoms with E-state index in [1.54, 1.807) is 12.1 Å². The predicted octanol–water partition coefficient (Wildman–Crippen LogP) is 2.13. The molecule has 21 heavy (non-hydrogen) atoms. The van der Waals surface area contributed by atoms with E-state index in [0.29, 0.717) is 17.3 Å². The van der Waals surface area contributed by atoms with E-state index in [1.165, 1.54) is 12.1 Å². The molecule has 1 unspecified atom stereocenters. The molecule has 0 saturated heterocycles. The summed E-state index contributed by atoms with van der Waals surface area (Å²) in [6, 6.07) is 13.4. The number of anilines is 1. The summed E-state index contributed by atoms with van der Waals surface area (Å²) in [5.74, 6) is -0.533. The Morgan fingerprint density at radius 1 is 1.24 bits per heavy atom. The van der Waals surface area contributed by atoms with E-state index < -0.39 is 0 Å². The quantitative estimate of drug-likeness (QED) is 0.872. The van der Waals surface area contributed by atoms with Crippen molar-refractivity contribution in [3.05, 3.63) is 64.9 Å². The molecule has 0 aliphatic rings. The van der Waals surface area contributed by atoms with E-state index >= 15 is 0 Å². The van der Waals surface area contributed by atoms with Gasteiger partial charge in [-0.2, -0.15) is 0 Å². The number of rotatable bonds is 5. The molecule has 0 aliphatic heterocycles. The van der Waals surface area contributed by atoms with E-state index in [4.69, 9.17) is 11.6 Å². The fraction of sp³-hybridized carbons (Fsp3) is 0.188. The van der Waals surface area contributed by atoms with Crippen LogP contribution in [0.25, 0.3) is 0 Å². The lowest BCUT2D eigenvalue weighted by Crippen LogP contribution is -3.08. The van der Waals surface area contributed by atoms with Crippen LogP contribution in [0.3, 0.4) is 0 Å². The number of halogens is 2. The summed E-state index contributed by atoms with van der Waals surface area (Å²) < 4.78 is 13.0. The molecule has 0 bridgehead atoms. The SMILES string of the molecule is C[NH+](CC(=O)Nc1cccc(F)c1)Cc1ccccc1Cl. The van der Waals surface area contributed by atoms with Crippen molar-refractivity contribution in [2.24, 2.45) is 0 Å². The first-order valence-corrected chi connectivity index (χ1v) is 7.02. The molecule has 2 aromatic rings. The van der Waals surface area contributed by atoms with E-state index in [0.717, 1.165) is 10.5 Å². The molecule has 3 nitrogen and oxygen atoms in total. The molecule has 0 heterocycles. The van der Waals surface area contributed by atoms with Crippen LogP contribution < -0.4 is 10.2 Å². The number of hydrogen-bond acceptors (Lipinski definition) is 1. The van der Waals surface area contributed by atoms with Gasteiger partial charge in [0.1, 0.15) is 12.4 Å². The first-order chi connectivity index (χ1) is 10.0. The normalized spacial score (nSPS) is 12.0. The van der Waals surface area contributed by atoms with Gasteiger partial charge in [-0.1, -0.05) is 35.9 Å². The molecule has 2 rings (SSSR count). The Bertz CT molecular complexity index is 633. The summed E-state index contributed by atoms with van der Waals surface area (Å²) >= 11 is 6.10. The largest absolute Gasteiger partial charge is 0.326 e. The number of quaternary nitrogens is 1. The van der Waals surface area contributed by atoms with Gasteiger partial charge in [0.25, 0.3) is 5.91 Å². The summed E-state index contributed by atoms with van der Waals surface area (Å²) in [5, 5.41) is 3.38. The van der Waals surface area contributed by atoms with Crippen molar-refractivity contribution >= 4 is 23.2 Å². The second kappa shape index (κ2) is 7.20. The van der Waals surface area contributed by atoms with Gasteiger partial charge >= 0.3 is 0 Å². The zero-order chi connectivity index (χ0) is 15.2. The van der Waals surface area contributed by atoms with Crippen LogP contribution in [0.2, 0.25) is 5.02 Å². The topological polar surface area (TPSA) is 33.5 Å². The minimum Gasteiger partial charge on any atom is -0.326 e. The minimum absolute atomic E-state index is 0.162. The van der Waals surface area contributed by atoms with Crippen LogP contribution >= 0.6 is 11.6 Å². The van der Waals surface area contributed by atoms with E-state index in [9.17, 15) is 9.18 Å². The molecule has 0 radical (unpaired) electrons. The van der Waals surface area contributed by atoms with Crippen LogP contribution in [0.1, 0.15) is 5.56 Å². The Hall–Kier alpha value is -1.91. The Labute approximate surface area is 128 Å². The van der Waals surface area contributed by atoms with E-state index in [1.807, 2.05) is 31.3 Å². The highest BCUT2D eigenvalue weighted by atomic mass is 35.5. The fourth-order valence-electron chi connectivity index (χ4n) is 2.07. The summed E-state index contributed by atoms with van der Waals surface area (Å²) in [4.78, 5) is 12.9. The standard InChI is InChI=1S/C16H16ClFN2O/c1-20(10-12-5-2-3-8-15(12)17)11-16(21)19-14-7-4-6-13(18)9-14/h2-9H,10-11H2,1H3,(H,19,21)/p+1. The van der Waals surface area contributed by atoms with Gasteiger partial charge < -0.3 is 10.2 Å². The van der Waals surface area contributed by atoms with Gasteiger partial charge in [-0.25, -0.2) is 4.39 Å². The highest BCUT2D eigenvalue weighted by molar-refractivity contribution is 6.31. The molecule has 2 aromatic carbocycles. The maximum absolute atomic E-state index is 13.0. The molecule has 0 aliphatic carbocycles. The summed E-state index contributed by atoms with van der Waals surface area (Å²) in [6.07, 6.45) is 0. The second-order valence-corrected chi connectivity index (χ2v) is 5.37. The van der Waals surface area contributed by atoms with Gasteiger partial charge in [0, 0.05) is 16.3 Å². The molecule has 2 N–H and O–H groups in total. The maximum Gasteiger partial charge on any atom is 0.279 e. The highest BCUT2D eigenvalue weighted by Gasteiger charge is 2.12. The van der Waals surface area contributed by atoms with Crippen LogP contribution in [0.15, 0.2) is 48.5 Å². The number of hydrogen-bond donors (Lipinski definition) is 2. The average molecular weight is 308 g/mol. The van der Waals surface area contributed by atoms with Crippen molar-refractivity contribution in [1.82, 2.24) is 0 Å². The molecular weight excluding hydrogens is 291 g/mol. The second-order valence-electron chi connectivity index (χ2n) is 4.96. The van der Waals surface area contributed by atoms with Crippen LogP contribution in [0.4, 0.5) is 10.1 Å². The number of likely N-dealkylation sites (N-methyl/N-ethyl adjacent to an activating group) is 1. The van der Waals surface area contributed by atoms with Crippen molar-refractivity contribution in [2.45, 2.75) is 6.54 Å². The van der Waals surface area contributed by atoms with Gasteiger partial charge in [0.05, 0.1) is 7.05 Å². The molecule has 1 amide bonds. The summed E-state index contributed by atoms with van der Waals surface area (Å²) in [6.45, 7) is 0.929. The first-order valence-electron chi connectivity index (χ1n) is 6.65. The smallest absolute Gasteiger partial charge is 0.279 e. The Morgan fingerprint density at radius 2 is 2.00 bits per heavy atom. The zero-order valence-corrected chi connectivity index (χ0v) is 12.5. The number of carbonyl (C=O) groups is 1. The van der Waals surface area contributed by atoms with E-state index in [-0.39, 0.29) is 18.3 Å². The van der Waals surface area contributed by atoms with Gasteiger partial charge in [-0.15, -0.1) is 0 Å². The molecule has 0 aromatic heterocycles. The maximum atomic E-state index is 13.0. The van der Waals surface area contributed by atoms with Crippen LogP contribution in [-0.2, 0) is 11.3 Å². The van der Waals surface area contributed by atoms with Crippen molar-refractivity contribution < 1.29 is 14.1 Å². The minimum atomic E-state index is -0.371. The third-order valence-corrected chi connectivity index (χ3v) is 3.39. The van der Waals surface area contributed by atoms with Crippen molar-refractivity contribution in [3.8, 4) is 0 Å². The lowest BCUT2D eigenvalue weighted by molar-refractivity contribution is -0.885. The molecule has 110 valence electrons.